The van der Waals surface area contributed by atoms with E-state index in [1.54, 1.807) is 0 Å². The van der Waals surface area contributed by atoms with Crippen molar-refractivity contribution in [2.45, 2.75) is 38.1 Å². The largest absolute Gasteiger partial charge is 0.355 e. The molecule has 1 saturated heterocycles. The SMILES string of the molecule is CN1CCC(CCNC(=O)CNC2CC2)CC1. The van der Waals surface area contributed by atoms with Crippen LogP contribution in [0.2, 0.25) is 0 Å². The first kappa shape index (κ1) is 12.8. The average molecular weight is 239 g/mol. The second-order valence-electron chi connectivity index (χ2n) is 5.54. The summed E-state index contributed by atoms with van der Waals surface area (Å²) < 4.78 is 0. The molecule has 1 saturated carbocycles. The summed E-state index contributed by atoms with van der Waals surface area (Å²) in [6.45, 7) is 3.77. The third kappa shape index (κ3) is 5.04. The molecule has 0 bridgehead atoms. The van der Waals surface area contributed by atoms with E-state index in [4.69, 9.17) is 0 Å². The molecule has 0 atom stereocenters. The Kier molecular flexibility index (Phi) is 4.80. The van der Waals surface area contributed by atoms with Crippen LogP contribution >= 0.6 is 0 Å². The van der Waals surface area contributed by atoms with Gasteiger partial charge in [-0.25, -0.2) is 0 Å². The molecule has 2 N–H and O–H groups in total. The van der Waals surface area contributed by atoms with E-state index in [0.29, 0.717) is 12.6 Å². The quantitative estimate of drug-likeness (QED) is 0.713. The lowest BCUT2D eigenvalue weighted by Gasteiger charge is -2.28. The molecule has 0 aromatic carbocycles. The molecule has 0 radical (unpaired) electrons. The van der Waals surface area contributed by atoms with Crippen molar-refractivity contribution < 1.29 is 4.79 Å². The summed E-state index contributed by atoms with van der Waals surface area (Å²) in [4.78, 5) is 13.9. The Hall–Kier alpha value is -0.610. The second kappa shape index (κ2) is 6.36. The molecule has 1 amide bonds. The maximum Gasteiger partial charge on any atom is 0.233 e. The van der Waals surface area contributed by atoms with Crippen LogP contribution < -0.4 is 10.6 Å². The number of hydrogen-bond acceptors (Lipinski definition) is 3. The monoisotopic (exact) mass is 239 g/mol. The van der Waals surface area contributed by atoms with Gasteiger partial charge in [0.15, 0.2) is 0 Å². The normalized spacial score (nSPS) is 22.6. The van der Waals surface area contributed by atoms with Crippen LogP contribution in [0, 0.1) is 5.92 Å². The molecule has 1 heterocycles. The number of piperidine rings is 1. The van der Waals surface area contributed by atoms with Crippen molar-refractivity contribution in [2.24, 2.45) is 5.92 Å². The molecule has 98 valence electrons. The molecular weight excluding hydrogens is 214 g/mol. The average Bonchev–Trinajstić information content (AvgIpc) is 3.13. The number of rotatable bonds is 6. The van der Waals surface area contributed by atoms with Crippen molar-refractivity contribution >= 4 is 5.91 Å². The van der Waals surface area contributed by atoms with E-state index < -0.39 is 0 Å². The fourth-order valence-electron chi connectivity index (χ4n) is 2.35. The smallest absolute Gasteiger partial charge is 0.233 e. The third-order valence-electron chi connectivity index (χ3n) is 3.84. The predicted octanol–water partition coefficient (Wildman–Crippen LogP) is 0.587. The van der Waals surface area contributed by atoms with Crippen LogP contribution in [0.3, 0.4) is 0 Å². The molecule has 1 aliphatic heterocycles. The summed E-state index contributed by atoms with van der Waals surface area (Å²) in [7, 11) is 2.18. The zero-order valence-electron chi connectivity index (χ0n) is 10.9. The van der Waals surface area contributed by atoms with Crippen LogP contribution in [0.25, 0.3) is 0 Å². The van der Waals surface area contributed by atoms with Gasteiger partial charge in [-0.15, -0.1) is 0 Å². The van der Waals surface area contributed by atoms with Gasteiger partial charge in [-0.2, -0.15) is 0 Å². The highest BCUT2D eigenvalue weighted by atomic mass is 16.1. The molecule has 4 nitrogen and oxygen atoms in total. The van der Waals surface area contributed by atoms with E-state index in [2.05, 4.69) is 22.6 Å². The minimum atomic E-state index is 0.157. The molecule has 0 aromatic heterocycles. The maximum absolute atomic E-state index is 11.5. The first-order chi connectivity index (χ1) is 8.24. The fourth-order valence-corrected chi connectivity index (χ4v) is 2.35. The minimum Gasteiger partial charge on any atom is -0.355 e. The number of amides is 1. The van der Waals surface area contributed by atoms with Gasteiger partial charge in [-0.3, -0.25) is 4.79 Å². The first-order valence-electron chi connectivity index (χ1n) is 6.92. The van der Waals surface area contributed by atoms with Crippen molar-refractivity contribution in [1.29, 1.82) is 0 Å². The summed E-state index contributed by atoms with van der Waals surface area (Å²) in [5, 5.41) is 6.24. The molecule has 17 heavy (non-hydrogen) atoms. The van der Waals surface area contributed by atoms with E-state index in [1.807, 2.05) is 0 Å². The number of hydrogen-bond donors (Lipinski definition) is 2. The minimum absolute atomic E-state index is 0.157. The fraction of sp³-hybridized carbons (Fsp3) is 0.923. The molecular formula is C13H25N3O. The van der Waals surface area contributed by atoms with Crippen molar-refractivity contribution in [3.05, 3.63) is 0 Å². The lowest BCUT2D eigenvalue weighted by Crippen LogP contribution is -2.37. The Balaban J connectivity index is 1.48. The highest BCUT2D eigenvalue weighted by molar-refractivity contribution is 5.78. The number of nitrogens with zero attached hydrogens (tertiary/aromatic N) is 1. The topological polar surface area (TPSA) is 44.4 Å². The van der Waals surface area contributed by atoms with Crippen molar-refractivity contribution in [1.82, 2.24) is 15.5 Å². The summed E-state index contributed by atoms with van der Waals surface area (Å²) in [6.07, 6.45) is 6.19. The Morgan fingerprint density at radius 3 is 2.59 bits per heavy atom. The van der Waals surface area contributed by atoms with Crippen molar-refractivity contribution in [3.8, 4) is 0 Å². The van der Waals surface area contributed by atoms with Crippen molar-refractivity contribution in [2.75, 3.05) is 33.2 Å². The molecule has 4 heteroatoms. The highest BCUT2D eigenvalue weighted by Crippen LogP contribution is 2.19. The van der Waals surface area contributed by atoms with Crippen LogP contribution in [0.4, 0.5) is 0 Å². The number of nitrogens with one attached hydrogen (secondary N) is 2. The molecule has 0 aromatic rings. The molecule has 1 aliphatic carbocycles. The van der Waals surface area contributed by atoms with Crippen molar-refractivity contribution in [3.63, 3.8) is 0 Å². The Labute approximate surface area is 104 Å². The molecule has 2 fully saturated rings. The molecule has 0 spiro atoms. The van der Waals surface area contributed by atoms with Crippen LogP contribution in [0.5, 0.6) is 0 Å². The number of carbonyl (C=O) groups excluding carboxylic acids is 1. The van der Waals surface area contributed by atoms with Gasteiger partial charge in [0.1, 0.15) is 0 Å². The van der Waals surface area contributed by atoms with Gasteiger partial charge in [0, 0.05) is 12.6 Å². The summed E-state index contributed by atoms with van der Waals surface area (Å²) >= 11 is 0. The molecule has 2 rings (SSSR count). The van der Waals surface area contributed by atoms with Gasteiger partial charge in [0.05, 0.1) is 6.54 Å². The van der Waals surface area contributed by atoms with Crippen LogP contribution in [-0.2, 0) is 4.79 Å². The van der Waals surface area contributed by atoms with Gasteiger partial charge < -0.3 is 15.5 Å². The summed E-state index contributed by atoms with van der Waals surface area (Å²) in [5.41, 5.74) is 0. The van der Waals surface area contributed by atoms with Crippen LogP contribution in [-0.4, -0.2) is 50.1 Å². The predicted molar refractivity (Wildman–Crippen MR) is 68.9 cm³/mol. The van der Waals surface area contributed by atoms with E-state index in [0.717, 1.165) is 18.9 Å². The first-order valence-corrected chi connectivity index (χ1v) is 6.92. The Morgan fingerprint density at radius 1 is 1.24 bits per heavy atom. The lowest BCUT2D eigenvalue weighted by atomic mass is 9.94. The molecule has 0 unspecified atom stereocenters. The van der Waals surface area contributed by atoms with Gasteiger partial charge in [0.2, 0.25) is 5.91 Å². The summed E-state index contributed by atoms with van der Waals surface area (Å²) in [6, 6.07) is 0.620. The van der Waals surface area contributed by atoms with E-state index in [-0.39, 0.29) is 5.91 Å². The van der Waals surface area contributed by atoms with Crippen LogP contribution in [0.1, 0.15) is 32.1 Å². The van der Waals surface area contributed by atoms with Gasteiger partial charge in [0.25, 0.3) is 0 Å². The van der Waals surface area contributed by atoms with E-state index in [1.165, 1.54) is 38.8 Å². The summed E-state index contributed by atoms with van der Waals surface area (Å²) in [5.74, 6) is 0.965. The Bertz CT molecular complexity index is 245. The highest BCUT2D eigenvalue weighted by Gasteiger charge is 2.21. The number of carbonyl (C=O) groups is 1. The number of likely N-dealkylation sites (tertiary alicyclic amines) is 1. The Morgan fingerprint density at radius 2 is 1.94 bits per heavy atom. The van der Waals surface area contributed by atoms with Gasteiger partial charge in [-0.1, -0.05) is 0 Å². The zero-order valence-corrected chi connectivity index (χ0v) is 10.9. The third-order valence-corrected chi connectivity index (χ3v) is 3.84. The second-order valence-corrected chi connectivity index (χ2v) is 5.54. The molecule has 2 aliphatic rings. The van der Waals surface area contributed by atoms with E-state index in [9.17, 15) is 4.79 Å². The van der Waals surface area contributed by atoms with Gasteiger partial charge >= 0.3 is 0 Å². The maximum atomic E-state index is 11.5. The van der Waals surface area contributed by atoms with Gasteiger partial charge in [-0.05, 0) is 58.2 Å². The zero-order chi connectivity index (χ0) is 12.1. The van der Waals surface area contributed by atoms with Crippen LogP contribution in [0.15, 0.2) is 0 Å². The lowest BCUT2D eigenvalue weighted by molar-refractivity contribution is -0.120. The van der Waals surface area contributed by atoms with E-state index >= 15 is 0 Å². The standard InChI is InChI=1S/C13H25N3O/c1-16-8-5-11(6-9-16)4-7-14-13(17)10-15-12-2-3-12/h11-12,15H,2-10H2,1H3,(H,14,17).